The lowest BCUT2D eigenvalue weighted by Gasteiger charge is -2.37. The Morgan fingerprint density at radius 2 is 1.65 bits per heavy atom. The molecule has 0 aliphatic rings. The molecule has 0 radical (unpaired) electrons. The van der Waals surface area contributed by atoms with Crippen LogP contribution in [0, 0.1) is 6.92 Å². The molecule has 0 spiro atoms. The van der Waals surface area contributed by atoms with Gasteiger partial charge in [0.2, 0.25) is 5.75 Å². The number of ether oxygens (including phenoxy) is 2. The van der Waals surface area contributed by atoms with Crippen molar-refractivity contribution >= 4 is 46.3 Å². The summed E-state index contributed by atoms with van der Waals surface area (Å²) in [6.07, 6.45) is 1.99. The van der Waals surface area contributed by atoms with Crippen molar-refractivity contribution in [2.75, 3.05) is 14.2 Å². The van der Waals surface area contributed by atoms with Crippen LogP contribution in [0.4, 0.5) is 0 Å². The molecule has 0 saturated carbocycles. The number of rotatable bonds is 5. The molecule has 0 heterocycles. The van der Waals surface area contributed by atoms with Crippen molar-refractivity contribution in [3.05, 3.63) is 20.6 Å². The van der Waals surface area contributed by atoms with Crippen LogP contribution >= 0.6 is 31.9 Å². The van der Waals surface area contributed by atoms with Crippen molar-refractivity contribution in [3.8, 4) is 17.2 Å². The highest BCUT2D eigenvalue weighted by atomic mass is 79.9. The van der Waals surface area contributed by atoms with E-state index in [2.05, 4.69) is 65.7 Å². The third kappa shape index (κ3) is 4.76. The maximum Gasteiger partial charge on any atom is 0.250 e. The van der Waals surface area contributed by atoms with Crippen molar-refractivity contribution in [1.29, 1.82) is 0 Å². The Morgan fingerprint density at radius 3 is 2.04 bits per heavy atom. The van der Waals surface area contributed by atoms with Crippen molar-refractivity contribution in [1.82, 2.24) is 0 Å². The predicted octanol–water partition coefficient (Wildman–Crippen LogP) is 6.48. The summed E-state index contributed by atoms with van der Waals surface area (Å²) < 4.78 is 18.5. The van der Waals surface area contributed by atoms with Crippen LogP contribution in [-0.2, 0) is 0 Å². The number of hydrogen-bond acceptors (Lipinski definition) is 3. The van der Waals surface area contributed by atoms with Crippen LogP contribution in [0.5, 0.6) is 17.2 Å². The van der Waals surface area contributed by atoms with E-state index in [0.29, 0.717) is 11.5 Å². The van der Waals surface area contributed by atoms with Crippen LogP contribution in [-0.4, -0.2) is 22.5 Å². The van der Waals surface area contributed by atoms with E-state index in [9.17, 15) is 0 Å². The smallest absolute Gasteiger partial charge is 0.250 e. The van der Waals surface area contributed by atoms with Gasteiger partial charge in [-0.2, -0.15) is 0 Å². The van der Waals surface area contributed by atoms with E-state index in [1.807, 2.05) is 19.1 Å². The number of halogens is 2. The summed E-state index contributed by atoms with van der Waals surface area (Å²) in [6.45, 7) is 13.1. The van der Waals surface area contributed by atoms with Crippen LogP contribution in [0.1, 0.15) is 31.9 Å². The summed E-state index contributed by atoms with van der Waals surface area (Å²) in [5, 5.41) is 0.0849. The van der Waals surface area contributed by atoms with Gasteiger partial charge in [-0.3, -0.25) is 0 Å². The third-order valence-electron chi connectivity index (χ3n) is 4.29. The first kappa shape index (κ1) is 20.6. The van der Waals surface area contributed by atoms with Crippen LogP contribution in [0.2, 0.25) is 18.1 Å². The lowest BCUT2D eigenvalue weighted by molar-refractivity contribution is 0.339. The van der Waals surface area contributed by atoms with Gasteiger partial charge in [-0.25, -0.2) is 0 Å². The SMILES string of the molecule is COc1cc(C)c(C=C(Br)Br)c(O[Si](C)(C)C(C)(C)C)c1OC. The minimum Gasteiger partial charge on any atom is -0.541 e. The topological polar surface area (TPSA) is 27.7 Å². The summed E-state index contributed by atoms with van der Waals surface area (Å²) in [4.78, 5) is 0. The number of hydrogen-bond donors (Lipinski definition) is 0. The molecule has 1 aromatic rings. The standard InChI is InChI=1S/C17H26Br2O3Si/c1-11-9-13(20-5)16(21-6)15(12(11)10-14(18)19)22-23(7,8)17(2,3)4/h9-10H,1-8H3. The Morgan fingerprint density at radius 1 is 1.09 bits per heavy atom. The van der Waals surface area contributed by atoms with E-state index in [0.717, 1.165) is 20.3 Å². The summed E-state index contributed by atoms with van der Waals surface area (Å²) >= 11 is 6.88. The lowest BCUT2D eigenvalue weighted by Crippen LogP contribution is -2.44. The second-order valence-corrected chi connectivity index (χ2v) is 14.5. The van der Waals surface area contributed by atoms with Gasteiger partial charge in [-0.15, -0.1) is 0 Å². The summed E-state index contributed by atoms with van der Waals surface area (Å²) in [5.74, 6) is 2.06. The molecule has 130 valence electrons. The van der Waals surface area contributed by atoms with Gasteiger partial charge in [0.15, 0.2) is 11.5 Å². The van der Waals surface area contributed by atoms with E-state index < -0.39 is 8.32 Å². The fourth-order valence-electron chi connectivity index (χ4n) is 1.90. The molecule has 3 nitrogen and oxygen atoms in total. The first-order chi connectivity index (χ1) is 10.4. The van der Waals surface area contributed by atoms with Crippen molar-refractivity contribution in [2.24, 2.45) is 0 Å². The van der Waals surface area contributed by atoms with Gasteiger partial charge in [0.05, 0.1) is 17.6 Å². The zero-order valence-electron chi connectivity index (χ0n) is 15.1. The predicted molar refractivity (Wildman–Crippen MR) is 108 cm³/mol. The molecule has 0 aliphatic heterocycles. The zero-order chi connectivity index (χ0) is 18.0. The van der Waals surface area contributed by atoms with Crippen molar-refractivity contribution in [2.45, 2.75) is 45.8 Å². The second kappa shape index (κ2) is 7.62. The van der Waals surface area contributed by atoms with Gasteiger partial charge in [-0.05, 0) is 74.6 Å². The largest absolute Gasteiger partial charge is 0.541 e. The molecule has 0 N–H and O–H groups in total. The monoisotopic (exact) mass is 464 g/mol. The van der Waals surface area contributed by atoms with Gasteiger partial charge in [0.25, 0.3) is 8.32 Å². The fraction of sp³-hybridized carbons (Fsp3) is 0.529. The molecular formula is C17H26Br2O3Si. The summed E-state index contributed by atoms with van der Waals surface area (Å²) in [7, 11) is 1.25. The number of methoxy groups -OCH3 is 2. The number of aryl methyl sites for hydroxylation is 1. The van der Waals surface area contributed by atoms with E-state index in [4.69, 9.17) is 13.9 Å². The van der Waals surface area contributed by atoms with Gasteiger partial charge in [-0.1, -0.05) is 20.8 Å². The Kier molecular flexibility index (Phi) is 6.81. The molecule has 0 aromatic heterocycles. The molecule has 6 heteroatoms. The molecule has 0 saturated heterocycles. The van der Waals surface area contributed by atoms with E-state index in [-0.39, 0.29) is 5.04 Å². The quantitative estimate of drug-likeness (QED) is 0.465. The highest BCUT2D eigenvalue weighted by Crippen LogP contribution is 2.47. The highest BCUT2D eigenvalue weighted by molar-refractivity contribution is 9.28. The maximum atomic E-state index is 6.59. The van der Waals surface area contributed by atoms with Crippen LogP contribution in [0.25, 0.3) is 6.08 Å². The van der Waals surface area contributed by atoms with Gasteiger partial charge in [0, 0.05) is 5.56 Å². The Bertz CT molecular complexity index is 601. The maximum absolute atomic E-state index is 6.59. The molecular weight excluding hydrogens is 440 g/mol. The Hall–Kier alpha value is -0.463. The van der Waals surface area contributed by atoms with Crippen LogP contribution < -0.4 is 13.9 Å². The average Bonchev–Trinajstić information content (AvgIpc) is 2.40. The van der Waals surface area contributed by atoms with E-state index in [1.54, 1.807) is 14.2 Å². The first-order valence-corrected chi connectivity index (χ1v) is 11.9. The minimum atomic E-state index is -2.03. The molecule has 23 heavy (non-hydrogen) atoms. The van der Waals surface area contributed by atoms with Crippen LogP contribution in [0.15, 0.2) is 9.46 Å². The number of benzene rings is 1. The normalized spacial score (nSPS) is 11.9. The average molecular weight is 466 g/mol. The van der Waals surface area contributed by atoms with Gasteiger partial charge >= 0.3 is 0 Å². The van der Waals surface area contributed by atoms with E-state index >= 15 is 0 Å². The molecule has 1 rings (SSSR count). The lowest BCUT2D eigenvalue weighted by atomic mass is 10.1. The molecule has 0 amide bonds. The molecule has 0 fully saturated rings. The van der Waals surface area contributed by atoms with Crippen molar-refractivity contribution in [3.63, 3.8) is 0 Å². The van der Waals surface area contributed by atoms with Gasteiger partial charge in [0.1, 0.15) is 0 Å². The van der Waals surface area contributed by atoms with Gasteiger partial charge < -0.3 is 13.9 Å². The fourth-order valence-corrected chi connectivity index (χ4v) is 3.37. The minimum absolute atomic E-state index is 0.0849. The van der Waals surface area contributed by atoms with Crippen LogP contribution in [0.3, 0.4) is 0 Å². The molecule has 0 unspecified atom stereocenters. The third-order valence-corrected chi connectivity index (χ3v) is 9.07. The van der Waals surface area contributed by atoms with E-state index in [1.165, 1.54) is 0 Å². The molecule has 0 aliphatic carbocycles. The summed E-state index contributed by atoms with van der Waals surface area (Å²) in [5.41, 5.74) is 2.05. The Balaban J connectivity index is 3.65. The summed E-state index contributed by atoms with van der Waals surface area (Å²) in [6, 6.07) is 1.96. The second-order valence-electron chi connectivity index (χ2n) is 6.97. The molecule has 0 atom stereocenters. The Labute approximate surface area is 157 Å². The molecule has 0 bridgehead atoms. The van der Waals surface area contributed by atoms with Crippen molar-refractivity contribution < 1.29 is 13.9 Å². The molecule has 1 aromatic carbocycles. The first-order valence-electron chi connectivity index (χ1n) is 7.42. The zero-order valence-corrected chi connectivity index (χ0v) is 19.3. The highest BCUT2D eigenvalue weighted by Gasteiger charge is 2.40.